The Labute approximate surface area is 514 Å². The summed E-state index contributed by atoms with van der Waals surface area (Å²) in [6, 6.07) is -0.542. The summed E-state index contributed by atoms with van der Waals surface area (Å²) in [5, 5.41) is 23.5. The second-order valence-corrected chi connectivity index (χ2v) is 26.3. The maximum absolute atomic E-state index is 12.6. The first kappa shape index (κ1) is 80.6. The molecule has 0 saturated heterocycles. The first-order valence-corrected chi connectivity index (χ1v) is 37.9. The Bertz CT molecular complexity index is 1240. The van der Waals surface area contributed by atoms with Gasteiger partial charge in [-0.3, -0.25) is 9.59 Å². The molecule has 0 bridgehead atoms. The summed E-state index contributed by atoms with van der Waals surface area (Å²) in [5.74, 6) is -0.0112. The zero-order valence-corrected chi connectivity index (χ0v) is 56.0. The number of carbonyl (C=O) groups excluding carboxylic acids is 2. The first-order valence-electron chi connectivity index (χ1n) is 37.9. The van der Waals surface area contributed by atoms with Crippen LogP contribution in [0.2, 0.25) is 0 Å². The normalized spacial score (nSPS) is 12.5. The third-order valence-electron chi connectivity index (χ3n) is 18.1. The highest BCUT2D eigenvalue weighted by Crippen LogP contribution is 2.20. The molecule has 2 unspecified atom stereocenters. The van der Waals surface area contributed by atoms with Crippen LogP contribution in [-0.2, 0) is 14.3 Å². The van der Waals surface area contributed by atoms with Gasteiger partial charge in [-0.1, -0.05) is 386 Å². The number of aliphatic hydroxyl groups is 2. The Morgan fingerprint density at radius 2 is 0.573 bits per heavy atom. The lowest BCUT2D eigenvalue weighted by atomic mass is 10.0. The van der Waals surface area contributed by atoms with Crippen molar-refractivity contribution in [1.82, 2.24) is 5.32 Å². The monoisotopic (exact) mass is 1160 g/mol. The van der Waals surface area contributed by atoms with Crippen LogP contribution in [0.15, 0.2) is 12.2 Å². The summed E-state index contributed by atoms with van der Waals surface area (Å²) >= 11 is 0. The van der Waals surface area contributed by atoms with Gasteiger partial charge < -0.3 is 20.3 Å². The van der Waals surface area contributed by atoms with Crippen molar-refractivity contribution in [2.24, 2.45) is 0 Å². The van der Waals surface area contributed by atoms with E-state index in [0.717, 1.165) is 38.5 Å². The van der Waals surface area contributed by atoms with Crippen LogP contribution in [0.5, 0.6) is 0 Å². The lowest BCUT2D eigenvalue weighted by Gasteiger charge is -2.22. The van der Waals surface area contributed by atoms with Crippen LogP contribution >= 0.6 is 0 Å². The Kier molecular flexibility index (Phi) is 70.8. The van der Waals surface area contributed by atoms with Crippen LogP contribution in [0.3, 0.4) is 0 Å². The highest BCUT2D eigenvalue weighted by atomic mass is 16.5. The number of esters is 1. The number of hydrogen-bond donors (Lipinski definition) is 3. The van der Waals surface area contributed by atoms with Gasteiger partial charge in [0.15, 0.2) is 0 Å². The number of amides is 1. The van der Waals surface area contributed by atoms with Gasteiger partial charge in [-0.25, -0.2) is 0 Å². The lowest BCUT2D eigenvalue weighted by molar-refractivity contribution is -0.143. The van der Waals surface area contributed by atoms with E-state index in [1.165, 1.54) is 366 Å². The number of unbranched alkanes of at least 4 members (excludes halogenated alkanes) is 59. The van der Waals surface area contributed by atoms with Crippen molar-refractivity contribution in [1.29, 1.82) is 0 Å². The van der Waals surface area contributed by atoms with Gasteiger partial charge in [-0.15, -0.1) is 0 Å². The Morgan fingerprint density at radius 3 is 0.866 bits per heavy atom. The molecule has 0 aliphatic rings. The van der Waals surface area contributed by atoms with Gasteiger partial charge in [0.1, 0.15) is 0 Å². The molecule has 0 radical (unpaired) electrons. The third-order valence-corrected chi connectivity index (χ3v) is 18.1. The number of allylic oxidation sites excluding steroid dienone is 2. The Hall–Kier alpha value is -1.40. The van der Waals surface area contributed by atoms with E-state index in [1.54, 1.807) is 0 Å². The predicted octanol–water partition coefficient (Wildman–Crippen LogP) is 24.7. The number of carbonyl (C=O) groups is 2. The van der Waals surface area contributed by atoms with Crippen molar-refractivity contribution in [2.45, 2.75) is 450 Å². The highest BCUT2D eigenvalue weighted by molar-refractivity contribution is 5.76. The minimum atomic E-state index is -0.665. The average molecular weight is 1160 g/mol. The van der Waals surface area contributed by atoms with Gasteiger partial charge in [0.2, 0.25) is 5.91 Å². The van der Waals surface area contributed by atoms with Crippen LogP contribution in [0, 0.1) is 0 Å². The summed E-state index contributed by atoms with van der Waals surface area (Å²) in [4.78, 5) is 24.6. The van der Waals surface area contributed by atoms with Gasteiger partial charge in [0.25, 0.3) is 0 Å². The van der Waals surface area contributed by atoms with E-state index in [9.17, 15) is 19.8 Å². The van der Waals surface area contributed by atoms with Crippen LogP contribution in [0.1, 0.15) is 438 Å². The Morgan fingerprint density at radius 1 is 0.329 bits per heavy atom. The quantitative estimate of drug-likeness (QED) is 0.0320. The van der Waals surface area contributed by atoms with Gasteiger partial charge in [-0.05, 0) is 51.4 Å². The first-order chi connectivity index (χ1) is 40.5. The molecular weight excluding hydrogens is 1010 g/mol. The minimum Gasteiger partial charge on any atom is -0.466 e. The minimum absolute atomic E-state index is 0.0177. The third kappa shape index (κ3) is 67.7. The van der Waals surface area contributed by atoms with E-state index in [1.807, 2.05) is 0 Å². The molecule has 1 amide bonds. The number of nitrogens with one attached hydrogen (secondary N) is 1. The maximum atomic E-state index is 12.6. The van der Waals surface area contributed by atoms with Gasteiger partial charge >= 0.3 is 5.97 Å². The molecule has 0 heterocycles. The fourth-order valence-corrected chi connectivity index (χ4v) is 12.3. The summed E-state index contributed by atoms with van der Waals surface area (Å²) in [6.45, 7) is 5.00. The molecule has 0 fully saturated rings. The Balaban J connectivity index is 3.37. The van der Waals surface area contributed by atoms with Crippen LogP contribution < -0.4 is 5.32 Å². The molecule has 0 spiro atoms. The predicted molar refractivity (Wildman–Crippen MR) is 361 cm³/mol. The van der Waals surface area contributed by atoms with Crippen molar-refractivity contribution in [3.63, 3.8) is 0 Å². The number of ether oxygens (including phenoxy) is 1. The van der Waals surface area contributed by atoms with E-state index in [-0.39, 0.29) is 18.5 Å². The average Bonchev–Trinajstić information content (AvgIpc) is 3.48. The smallest absolute Gasteiger partial charge is 0.305 e. The molecule has 488 valence electrons. The van der Waals surface area contributed by atoms with Crippen molar-refractivity contribution in [2.75, 3.05) is 13.2 Å². The molecule has 82 heavy (non-hydrogen) atoms. The van der Waals surface area contributed by atoms with Crippen molar-refractivity contribution in [3.05, 3.63) is 12.2 Å². The molecule has 0 aliphatic heterocycles. The molecule has 2 atom stereocenters. The standard InChI is InChI=1S/C76H149NO5/c1-3-5-7-9-11-13-15-17-18-19-20-21-22-27-30-33-36-39-42-45-48-52-56-60-64-68-74(79)73(72-78)77-75(80)69-65-61-57-53-49-46-43-40-37-34-31-28-25-23-24-26-29-32-35-38-41-44-47-51-55-59-63-67-71-82-76(81)70-66-62-58-54-50-16-14-12-10-8-6-4-2/h23-24,73-74,78-79H,3-22,25-72H2,1-2H3,(H,77,80)/b24-23-. The van der Waals surface area contributed by atoms with Crippen molar-refractivity contribution < 1.29 is 24.5 Å². The van der Waals surface area contributed by atoms with Crippen LogP contribution in [0.25, 0.3) is 0 Å². The largest absolute Gasteiger partial charge is 0.466 e. The molecule has 0 rings (SSSR count). The molecule has 3 N–H and O–H groups in total. The van der Waals surface area contributed by atoms with E-state index in [4.69, 9.17) is 4.74 Å². The van der Waals surface area contributed by atoms with E-state index >= 15 is 0 Å². The molecule has 6 heteroatoms. The van der Waals surface area contributed by atoms with E-state index in [2.05, 4.69) is 31.3 Å². The summed E-state index contributed by atoms with van der Waals surface area (Å²) in [6.07, 6.45) is 90.0. The molecule has 0 aromatic rings. The molecule has 0 aliphatic carbocycles. The molecular formula is C76H149NO5. The van der Waals surface area contributed by atoms with Gasteiger partial charge in [0.05, 0.1) is 25.4 Å². The van der Waals surface area contributed by atoms with Gasteiger partial charge in [-0.2, -0.15) is 0 Å². The van der Waals surface area contributed by atoms with Crippen LogP contribution in [-0.4, -0.2) is 47.4 Å². The highest BCUT2D eigenvalue weighted by Gasteiger charge is 2.20. The van der Waals surface area contributed by atoms with Gasteiger partial charge in [0, 0.05) is 12.8 Å². The molecule has 6 nitrogen and oxygen atoms in total. The maximum Gasteiger partial charge on any atom is 0.305 e. The zero-order chi connectivity index (χ0) is 59.2. The van der Waals surface area contributed by atoms with Crippen molar-refractivity contribution in [3.8, 4) is 0 Å². The molecule has 0 aromatic carbocycles. The van der Waals surface area contributed by atoms with Crippen molar-refractivity contribution >= 4 is 11.9 Å². The van der Waals surface area contributed by atoms with E-state index < -0.39 is 12.1 Å². The fourth-order valence-electron chi connectivity index (χ4n) is 12.3. The lowest BCUT2D eigenvalue weighted by Crippen LogP contribution is -2.45. The summed E-state index contributed by atoms with van der Waals surface area (Å²) in [7, 11) is 0. The number of hydrogen-bond acceptors (Lipinski definition) is 5. The summed E-state index contributed by atoms with van der Waals surface area (Å²) in [5.41, 5.74) is 0. The van der Waals surface area contributed by atoms with Crippen LogP contribution in [0.4, 0.5) is 0 Å². The van der Waals surface area contributed by atoms with E-state index in [0.29, 0.717) is 25.9 Å². The molecule has 0 aromatic heterocycles. The summed E-state index contributed by atoms with van der Waals surface area (Å²) < 4.78 is 5.48. The second kappa shape index (κ2) is 72.1. The SMILES string of the molecule is CCCCCCCCCCCCCCCCCCCCCCCCCCCC(O)C(CO)NC(=O)CCCCCCCCCCCCCC/C=C\CCCCCCCCCCCCCCOC(=O)CCCCCCCCCCCCCC. The molecule has 0 saturated carbocycles. The fraction of sp³-hybridized carbons (Fsp3) is 0.947. The topological polar surface area (TPSA) is 95.9 Å². The second-order valence-electron chi connectivity index (χ2n) is 26.3. The number of rotatable bonds is 72. The zero-order valence-electron chi connectivity index (χ0n) is 56.0. The number of aliphatic hydroxyl groups excluding tert-OH is 2.